The van der Waals surface area contributed by atoms with Gasteiger partial charge in [0.1, 0.15) is 6.61 Å². The molecule has 2 aromatic carbocycles. The van der Waals surface area contributed by atoms with Crippen LogP contribution in [0.15, 0.2) is 48.5 Å². The molecule has 0 aromatic heterocycles. The first-order valence-electron chi connectivity index (χ1n) is 11.6. The number of nitrogens with one attached hydrogen (secondary N) is 1. The first kappa shape index (κ1) is 21.5. The lowest BCUT2D eigenvalue weighted by Crippen LogP contribution is -2.41. The lowest BCUT2D eigenvalue weighted by Gasteiger charge is -2.23. The highest BCUT2D eigenvalue weighted by Gasteiger charge is 2.60. The second kappa shape index (κ2) is 8.54. The first-order valence-corrected chi connectivity index (χ1v) is 11.6. The van der Waals surface area contributed by atoms with Crippen LogP contribution in [0.25, 0.3) is 11.1 Å². The Hall–Kier alpha value is -3.35. The zero-order valence-corrected chi connectivity index (χ0v) is 18.6. The molecule has 2 unspecified atom stereocenters. The summed E-state index contributed by atoms with van der Waals surface area (Å²) in [7, 11) is 0. The Labute approximate surface area is 192 Å². The number of carbonyl (C=O) groups excluding carboxylic acids is 2. The Balaban J connectivity index is 1.14. The number of likely N-dealkylation sites (tertiary alicyclic amines) is 1. The fourth-order valence-electron chi connectivity index (χ4n) is 5.54. The SMILES string of the molecule is CC[C@@H](CC(=O)N1CC2C(C1)C2C(=O)O)NC(=O)OCC1c2ccccc2-c2ccccc21. The zero-order valence-electron chi connectivity index (χ0n) is 18.6. The van der Waals surface area contributed by atoms with Crippen LogP contribution in [0.2, 0.25) is 0 Å². The molecular weight excluding hydrogens is 420 g/mol. The van der Waals surface area contributed by atoms with Crippen LogP contribution in [0.3, 0.4) is 0 Å². The van der Waals surface area contributed by atoms with Crippen LogP contribution in [-0.2, 0) is 14.3 Å². The van der Waals surface area contributed by atoms with Gasteiger partial charge in [-0.15, -0.1) is 0 Å². The van der Waals surface area contributed by atoms with E-state index in [4.69, 9.17) is 9.84 Å². The highest BCUT2D eigenvalue weighted by Crippen LogP contribution is 2.51. The van der Waals surface area contributed by atoms with Gasteiger partial charge < -0.3 is 20.1 Å². The molecule has 172 valence electrons. The molecule has 1 saturated carbocycles. The van der Waals surface area contributed by atoms with Crippen molar-refractivity contribution in [3.8, 4) is 11.1 Å². The Morgan fingerprint density at radius 3 is 2.15 bits per heavy atom. The highest BCUT2D eigenvalue weighted by molar-refractivity contribution is 5.81. The van der Waals surface area contributed by atoms with Crippen LogP contribution in [0.4, 0.5) is 4.79 Å². The van der Waals surface area contributed by atoms with Gasteiger partial charge in [0, 0.05) is 31.5 Å². The van der Waals surface area contributed by atoms with Gasteiger partial charge >= 0.3 is 12.1 Å². The molecule has 5 rings (SSSR count). The lowest BCUT2D eigenvalue weighted by molar-refractivity contribution is -0.141. The lowest BCUT2D eigenvalue weighted by atomic mass is 9.98. The summed E-state index contributed by atoms with van der Waals surface area (Å²) in [5.41, 5.74) is 4.66. The standard InChI is InChI=1S/C26H28N2O5/c1-2-15(11-23(29)28-12-20-21(13-28)24(20)25(30)31)27-26(32)33-14-22-18-9-5-3-7-16(18)17-8-4-6-10-19(17)22/h3-10,15,20-22,24H,2,11-14H2,1H3,(H,27,32)(H,30,31)/t15-,20?,21?,24?/m0/s1. The number of piperidine rings is 1. The molecule has 1 aliphatic heterocycles. The van der Waals surface area contributed by atoms with E-state index in [1.807, 2.05) is 31.2 Å². The Bertz CT molecular complexity index is 1040. The highest BCUT2D eigenvalue weighted by atomic mass is 16.5. The number of fused-ring (bicyclic) bond motifs is 4. The first-order chi connectivity index (χ1) is 16.0. The van der Waals surface area contributed by atoms with E-state index in [0.717, 1.165) is 11.1 Å². The molecular formula is C26H28N2O5. The molecule has 2 N–H and O–H groups in total. The van der Waals surface area contributed by atoms with Gasteiger partial charge in [0.05, 0.1) is 5.92 Å². The number of carboxylic acid groups (broad SMARTS) is 1. The van der Waals surface area contributed by atoms with E-state index in [1.54, 1.807) is 4.90 Å². The summed E-state index contributed by atoms with van der Waals surface area (Å²) in [5, 5.41) is 12.0. The smallest absolute Gasteiger partial charge is 0.407 e. The van der Waals surface area contributed by atoms with Crippen molar-refractivity contribution < 1.29 is 24.2 Å². The largest absolute Gasteiger partial charge is 0.481 e. The van der Waals surface area contributed by atoms with Crippen molar-refractivity contribution in [1.29, 1.82) is 0 Å². The molecule has 1 saturated heterocycles. The van der Waals surface area contributed by atoms with Gasteiger partial charge in [-0.25, -0.2) is 4.79 Å². The number of amides is 2. The van der Waals surface area contributed by atoms with Crippen molar-refractivity contribution in [3.63, 3.8) is 0 Å². The molecule has 7 nitrogen and oxygen atoms in total. The van der Waals surface area contributed by atoms with Crippen molar-refractivity contribution in [3.05, 3.63) is 59.7 Å². The number of hydrogen-bond donors (Lipinski definition) is 2. The van der Waals surface area contributed by atoms with E-state index < -0.39 is 12.1 Å². The predicted octanol–water partition coefficient (Wildman–Crippen LogP) is 3.48. The average molecular weight is 449 g/mol. The molecule has 33 heavy (non-hydrogen) atoms. The molecule has 3 aliphatic rings. The summed E-state index contributed by atoms with van der Waals surface area (Å²) in [6.45, 7) is 3.16. The van der Waals surface area contributed by atoms with Gasteiger partial charge in [-0.05, 0) is 40.5 Å². The van der Waals surface area contributed by atoms with Gasteiger partial charge in [-0.3, -0.25) is 9.59 Å². The van der Waals surface area contributed by atoms with E-state index in [1.165, 1.54) is 11.1 Å². The third-order valence-electron chi connectivity index (χ3n) is 7.41. The summed E-state index contributed by atoms with van der Waals surface area (Å²) in [4.78, 5) is 38.1. The average Bonchev–Trinajstić information content (AvgIpc) is 3.17. The molecule has 2 amide bonds. The normalized spacial score (nSPS) is 23.3. The zero-order chi connectivity index (χ0) is 23.1. The van der Waals surface area contributed by atoms with Gasteiger partial charge in [0.25, 0.3) is 0 Å². The van der Waals surface area contributed by atoms with E-state index >= 15 is 0 Å². The number of benzene rings is 2. The minimum atomic E-state index is -0.763. The maximum atomic E-state index is 12.7. The van der Waals surface area contributed by atoms with Crippen molar-refractivity contribution in [1.82, 2.24) is 10.2 Å². The van der Waals surface area contributed by atoms with Crippen molar-refractivity contribution in [2.45, 2.75) is 31.7 Å². The van der Waals surface area contributed by atoms with Crippen LogP contribution in [-0.4, -0.2) is 53.7 Å². The summed E-state index contributed by atoms with van der Waals surface area (Å²) in [5.74, 6) is -0.945. The monoisotopic (exact) mass is 448 g/mol. The maximum absolute atomic E-state index is 12.7. The maximum Gasteiger partial charge on any atom is 0.407 e. The van der Waals surface area contributed by atoms with Crippen molar-refractivity contribution in [2.75, 3.05) is 19.7 Å². The van der Waals surface area contributed by atoms with E-state index in [0.29, 0.717) is 19.5 Å². The molecule has 2 aliphatic carbocycles. The number of aliphatic carboxylic acids is 1. The number of hydrogen-bond acceptors (Lipinski definition) is 4. The molecule has 0 bridgehead atoms. The molecule has 3 atom stereocenters. The Kier molecular flexibility index (Phi) is 5.56. The van der Waals surface area contributed by atoms with Gasteiger partial charge in [-0.2, -0.15) is 0 Å². The third-order valence-corrected chi connectivity index (χ3v) is 7.41. The fraction of sp³-hybridized carbons (Fsp3) is 0.423. The van der Waals surface area contributed by atoms with Gasteiger partial charge in [-0.1, -0.05) is 55.5 Å². The van der Waals surface area contributed by atoms with Crippen LogP contribution in [0, 0.1) is 17.8 Å². The minimum absolute atomic E-state index is 0.0108. The van der Waals surface area contributed by atoms with Crippen molar-refractivity contribution in [2.24, 2.45) is 17.8 Å². The molecule has 2 aromatic rings. The summed E-state index contributed by atoms with van der Waals surface area (Å²) < 4.78 is 5.60. The molecule has 2 fully saturated rings. The van der Waals surface area contributed by atoms with Crippen molar-refractivity contribution >= 4 is 18.0 Å². The summed E-state index contributed by atoms with van der Waals surface area (Å²) in [6, 6.07) is 16.0. The number of carbonyl (C=O) groups is 3. The number of ether oxygens (including phenoxy) is 1. The minimum Gasteiger partial charge on any atom is -0.481 e. The fourth-order valence-corrected chi connectivity index (χ4v) is 5.54. The van der Waals surface area contributed by atoms with Crippen LogP contribution < -0.4 is 5.32 Å². The van der Waals surface area contributed by atoms with Crippen LogP contribution in [0.5, 0.6) is 0 Å². The number of rotatable bonds is 7. The van der Waals surface area contributed by atoms with Crippen LogP contribution in [0.1, 0.15) is 36.8 Å². The third kappa shape index (κ3) is 3.96. The summed E-state index contributed by atoms with van der Waals surface area (Å²) >= 11 is 0. The number of nitrogens with zero attached hydrogens (tertiary/aromatic N) is 1. The number of alkyl carbamates (subject to hydrolysis) is 1. The molecule has 0 radical (unpaired) electrons. The van der Waals surface area contributed by atoms with Gasteiger partial charge in [0.15, 0.2) is 0 Å². The second-order valence-corrected chi connectivity index (χ2v) is 9.27. The Morgan fingerprint density at radius 2 is 1.61 bits per heavy atom. The van der Waals surface area contributed by atoms with E-state index in [9.17, 15) is 14.4 Å². The summed E-state index contributed by atoms with van der Waals surface area (Å²) in [6.07, 6.45) is 0.276. The second-order valence-electron chi connectivity index (χ2n) is 9.27. The number of carboxylic acids is 1. The Morgan fingerprint density at radius 1 is 1.03 bits per heavy atom. The topological polar surface area (TPSA) is 95.9 Å². The van der Waals surface area contributed by atoms with E-state index in [2.05, 4.69) is 29.6 Å². The molecule has 1 heterocycles. The van der Waals surface area contributed by atoms with E-state index in [-0.39, 0.29) is 48.6 Å². The molecule has 7 heteroatoms. The van der Waals surface area contributed by atoms with Crippen LogP contribution >= 0.6 is 0 Å². The predicted molar refractivity (Wildman–Crippen MR) is 122 cm³/mol. The molecule has 0 spiro atoms. The quantitative estimate of drug-likeness (QED) is 0.676. The van der Waals surface area contributed by atoms with Gasteiger partial charge in [0.2, 0.25) is 5.91 Å².